The lowest BCUT2D eigenvalue weighted by molar-refractivity contribution is -0.142. The van der Waals surface area contributed by atoms with Crippen molar-refractivity contribution in [2.75, 3.05) is 26.2 Å². The van der Waals surface area contributed by atoms with Crippen molar-refractivity contribution in [1.29, 1.82) is 0 Å². The maximum absolute atomic E-state index is 12.9. The number of rotatable bonds is 12. The van der Waals surface area contributed by atoms with Crippen LogP contribution in [0, 0.1) is 5.92 Å². The van der Waals surface area contributed by atoms with Gasteiger partial charge in [-0.3, -0.25) is 19.5 Å². The second-order valence-corrected chi connectivity index (χ2v) is 9.98. The maximum Gasteiger partial charge on any atom is 0.405 e. The molecule has 0 bridgehead atoms. The monoisotopic (exact) mass is 557 g/mol. The number of hydrogen-bond donors (Lipinski definition) is 3. The number of benzene rings is 1. The van der Waals surface area contributed by atoms with Crippen LogP contribution >= 0.6 is 0 Å². The third-order valence-electron chi connectivity index (χ3n) is 7.11. The number of nitrogens with two attached hydrogens (primary N) is 1. The van der Waals surface area contributed by atoms with Crippen LogP contribution in [-0.2, 0) is 22.4 Å². The Morgan fingerprint density at radius 3 is 2.55 bits per heavy atom. The molecule has 0 spiro atoms. The highest BCUT2D eigenvalue weighted by Crippen LogP contribution is 2.26. The zero-order chi connectivity index (χ0) is 28.5. The van der Waals surface area contributed by atoms with E-state index in [0.717, 1.165) is 11.3 Å². The zero-order valence-electron chi connectivity index (χ0n) is 22.1. The van der Waals surface area contributed by atoms with Gasteiger partial charge in [-0.1, -0.05) is 36.4 Å². The lowest BCUT2D eigenvalue weighted by atomic mass is 9.91. The first kappa shape index (κ1) is 29.3. The largest absolute Gasteiger partial charge is 0.461 e. The summed E-state index contributed by atoms with van der Waals surface area (Å²) in [5.41, 5.74) is 7.41. The molecule has 0 saturated carbocycles. The van der Waals surface area contributed by atoms with E-state index < -0.39 is 36.5 Å². The molecule has 8 nitrogen and oxygen atoms in total. The predicted octanol–water partition coefficient (Wildman–Crippen LogP) is 3.33. The van der Waals surface area contributed by atoms with E-state index in [1.54, 1.807) is 12.3 Å². The first-order valence-electron chi connectivity index (χ1n) is 13.3. The van der Waals surface area contributed by atoms with Gasteiger partial charge in [0.25, 0.3) is 0 Å². The maximum atomic E-state index is 12.9. The Balaban J connectivity index is 1.54. The van der Waals surface area contributed by atoms with E-state index in [1.165, 1.54) is 0 Å². The predicted molar refractivity (Wildman–Crippen MR) is 144 cm³/mol. The summed E-state index contributed by atoms with van der Waals surface area (Å²) < 4.78 is 44.6. The standard InChI is InChI=1S/C29H34F3N5O3/c30-29(31,32)19-36-28(39)25-18-34-14-15-37(25)23(10-9-21(27(33)38)16-22-8-4-5-13-35-22)17-24-11-12-26(40-24)20-6-2-1-3-7-20/h1-8,11-13,21,23,25,34H,9-10,14-19H2,(H2,33,38)(H,36,39). The second-order valence-electron chi connectivity index (χ2n) is 9.98. The van der Waals surface area contributed by atoms with Crippen LogP contribution in [0.2, 0.25) is 0 Å². The summed E-state index contributed by atoms with van der Waals surface area (Å²) in [5, 5.41) is 5.14. The van der Waals surface area contributed by atoms with E-state index in [2.05, 4.69) is 10.3 Å². The van der Waals surface area contributed by atoms with E-state index in [4.69, 9.17) is 10.2 Å². The molecule has 3 heterocycles. The van der Waals surface area contributed by atoms with Crippen molar-refractivity contribution in [3.8, 4) is 11.3 Å². The van der Waals surface area contributed by atoms with Crippen LogP contribution in [0.4, 0.5) is 13.2 Å². The summed E-state index contributed by atoms with van der Waals surface area (Å²) >= 11 is 0. The molecule has 11 heteroatoms. The summed E-state index contributed by atoms with van der Waals surface area (Å²) in [4.78, 5) is 31.5. The van der Waals surface area contributed by atoms with E-state index in [-0.39, 0.29) is 12.6 Å². The summed E-state index contributed by atoms with van der Waals surface area (Å²) in [6.07, 6.45) is -1.18. The number of amides is 2. The van der Waals surface area contributed by atoms with Gasteiger partial charge < -0.3 is 20.8 Å². The molecule has 1 aromatic carbocycles. The molecule has 4 rings (SSSR count). The smallest absolute Gasteiger partial charge is 0.405 e. The fraction of sp³-hybridized carbons (Fsp3) is 0.414. The lowest BCUT2D eigenvalue weighted by Crippen LogP contribution is -2.61. The number of pyridine rings is 1. The number of halogens is 3. The van der Waals surface area contributed by atoms with Gasteiger partial charge in [0.1, 0.15) is 24.1 Å². The first-order chi connectivity index (χ1) is 19.2. The van der Waals surface area contributed by atoms with Gasteiger partial charge in [0.05, 0.1) is 0 Å². The van der Waals surface area contributed by atoms with Gasteiger partial charge in [-0.2, -0.15) is 13.2 Å². The van der Waals surface area contributed by atoms with Gasteiger partial charge in [-0.05, 0) is 37.1 Å². The van der Waals surface area contributed by atoms with Crippen molar-refractivity contribution < 1.29 is 27.2 Å². The second kappa shape index (κ2) is 13.6. The Bertz CT molecular complexity index is 1240. The van der Waals surface area contributed by atoms with Crippen LogP contribution in [0.15, 0.2) is 71.3 Å². The molecule has 3 atom stereocenters. The normalized spacial score (nSPS) is 17.7. The minimum atomic E-state index is -4.51. The first-order valence-corrected chi connectivity index (χ1v) is 13.3. The molecule has 1 fully saturated rings. The van der Waals surface area contributed by atoms with Gasteiger partial charge in [0.2, 0.25) is 11.8 Å². The lowest BCUT2D eigenvalue weighted by Gasteiger charge is -2.41. The Kier molecular flexibility index (Phi) is 9.94. The number of carbonyl (C=O) groups is 2. The van der Waals surface area contributed by atoms with E-state index in [1.807, 2.05) is 64.8 Å². The SMILES string of the molecule is NC(=O)C(CCC(Cc1ccc(-c2ccccc2)o1)N1CCNCC1C(=O)NCC(F)(F)F)Cc1ccccn1. The number of furan rings is 1. The highest BCUT2D eigenvalue weighted by molar-refractivity contribution is 5.82. The van der Waals surface area contributed by atoms with Crippen molar-refractivity contribution in [3.63, 3.8) is 0 Å². The molecule has 0 radical (unpaired) electrons. The number of nitrogens with one attached hydrogen (secondary N) is 2. The van der Waals surface area contributed by atoms with Crippen LogP contribution in [0.5, 0.6) is 0 Å². The quantitative estimate of drug-likeness (QED) is 0.315. The molecule has 1 aliphatic rings. The Hall–Kier alpha value is -3.70. The Morgan fingerprint density at radius 2 is 1.85 bits per heavy atom. The van der Waals surface area contributed by atoms with Gasteiger partial charge in [0, 0.05) is 61.9 Å². The average Bonchev–Trinajstić information content (AvgIpc) is 3.42. The minimum Gasteiger partial charge on any atom is -0.461 e. The fourth-order valence-corrected chi connectivity index (χ4v) is 5.08. The molecule has 40 heavy (non-hydrogen) atoms. The molecule has 2 aromatic heterocycles. The van der Waals surface area contributed by atoms with E-state index in [0.29, 0.717) is 50.3 Å². The third-order valence-corrected chi connectivity index (χ3v) is 7.11. The van der Waals surface area contributed by atoms with E-state index >= 15 is 0 Å². The van der Waals surface area contributed by atoms with Gasteiger partial charge in [-0.15, -0.1) is 0 Å². The summed E-state index contributed by atoms with van der Waals surface area (Å²) in [6, 6.07) is 17.7. The average molecular weight is 558 g/mol. The third kappa shape index (κ3) is 8.40. The molecular formula is C29H34F3N5O3. The van der Waals surface area contributed by atoms with Gasteiger partial charge in [0.15, 0.2) is 0 Å². The van der Waals surface area contributed by atoms with Crippen molar-refractivity contribution >= 4 is 11.8 Å². The van der Waals surface area contributed by atoms with Crippen LogP contribution in [0.1, 0.15) is 24.3 Å². The number of nitrogens with zero attached hydrogens (tertiary/aromatic N) is 2. The summed E-state index contributed by atoms with van der Waals surface area (Å²) in [5.74, 6) is -0.266. The van der Waals surface area contributed by atoms with Crippen molar-refractivity contribution in [1.82, 2.24) is 20.5 Å². The summed E-state index contributed by atoms with van der Waals surface area (Å²) in [7, 11) is 0. The van der Waals surface area contributed by atoms with Crippen LogP contribution in [0.25, 0.3) is 11.3 Å². The fourth-order valence-electron chi connectivity index (χ4n) is 5.08. The Labute approximate surface area is 231 Å². The van der Waals surface area contributed by atoms with Gasteiger partial charge in [-0.25, -0.2) is 0 Å². The molecule has 1 aliphatic heterocycles. The highest BCUT2D eigenvalue weighted by atomic mass is 19.4. The molecule has 214 valence electrons. The molecule has 1 saturated heterocycles. The number of hydrogen-bond acceptors (Lipinski definition) is 6. The summed E-state index contributed by atoms with van der Waals surface area (Å²) in [6.45, 7) is -0.170. The molecule has 4 N–H and O–H groups in total. The topological polar surface area (TPSA) is 113 Å². The van der Waals surface area contributed by atoms with Crippen LogP contribution < -0.4 is 16.4 Å². The van der Waals surface area contributed by atoms with Crippen LogP contribution in [0.3, 0.4) is 0 Å². The van der Waals surface area contributed by atoms with Gasteiger partial charge >= 0.3 is 6.18 Å². The number of alkyl halides is 3. The number of carbonyl (C=O) groups excluding carboxylic acids is 2. The molecular weight excluding hydrogens is 523 g/mol. The number of aromatic nitrogens is 1. The van der Waals surface area contributed by atoms with Crippen molar-refractivity contribution in [2.24, 2.45) is 11.7 Å². The Morgan fingerprint density at radius 1 is 1.07 bits per heavy atom. The molecule has 2 amide bonds. The molecule has 3 unspecified atom stereocenters. The number of piperazine rings is 1. The highest BCUT2D eigenvalue weighted by Gasteiger charge is 2.36. The van der Waals surface area contributed by atoms with Crippen LogP contribution in [-0.4, -0.2) is 66.1 Å². The molecule has 3 aromatic rings. The van der Waals surface area contributed by atoms with Crippen molar-refractivity contribution in [2.45, 2.75) is 43.9 Å². The molecule has 0 aliphatic carbocycles. The van der Waals surface area contributed by atoms with E-state index in [9.17, 15) is 22.8 Å². The minimum absolute atomic E-state index is 0.209. The zero-order valence-corrected chi connectivity index (χ0v) is 22.1. The van der Waals surface area contributed by atoms with Crippen molar-refractivity contribution in [3.05, 3.63) is 78.3 Å². The number of primary amides is 1.